The summed E-state index contributed by atoms with van der Waals surface area (Å²) in [5.74, 6) is -2.66. The van der Waals surface area contributed by atoms with Gasteiger partial charge in [-0.1, -0.05) is 30.3 Å². The van der Waals surface area contributed by atoms with Crippen LogP contribution in [0.15, 0.2) is 61.2 Å². The van der Waals surface area contributed by atoms with Crippen LogP contribution in [-0.4, -0.2) is 30.9 Å². The van der Waals surface area contributed by atoms with E-state index in [2.05, 4.69) is 6.58 Å². The highest BCUT2D eigenvalue weighted by molar-refractivity contribution is 5.63. The fourth-order valence-electron chi connectivity index (χ4n) is 2.87. The van der Waals surface area contributed by atoms with Crippen LogP contribution in [0.1, 0.15) is 11.7 Å². The zero-order chi connectivity index (χ0) is 18.0. The highest BCUT2D eigenvalue weighted by atomic mass is 19.3. The maximum absolute atomic E-state index is 15.0. The molecule has 0 fully saturated rings. The summed E-state index contributed by atoms with van der Waals surface area (Å²) in [7, 11) is 1.48. The van der Waals surface area contributed by atoms with Crippen LogP contribution >= 0.6 is 0 Å². The highest BCUT2D eigenvalue weighted by Crippen LogP contribution is 2.45. The number of nitrogens with zero attached hydrogens (tertiary/aromatic N) is 1. The van der Waals surface area contributed by atoms with Crippen LogP contribution in [0.2, 0.25) is 0 Å². The van der Waals surface area contributed by atoms with E-state index in [0.29, 0.717) is 17.2 Å². The molecular formula is C19H19F2NO3. The van der Waals surface area contributed by atoms with Crippen LogP contribution in [0.5, 0.6) is 11.5 Å². The monoisotopic (exact) mass is 347 g/mol. The van der Waals surface area contributed by atoms with Crippen molar-refractivity contribution in [1.29, 1.82) is 0 Å². The average Bonchev–Trinajstić information content (AvgIpc) is 3.01. The zero-order valence-corrected chi connectivity index (χ0v) is 13.7. The minimum atomic E-state index is -3.55. The van der Waals surface area contributed by atoms with Crippen molar-refractivity contribution in [3.05, 3.63) is 66.7 Å². The lowest BCUT2D eigenvalue weighted by atomic mass is 10.0. The molecule has 0 spiro atoms. The first kappa shape index (κ1) is 17.2. The fraction of sp³-hybridized carbons (Fsp3) is 0.263. The van der Waals surface area contributed by atoms with Crippen molar-refractivity contribution in [3.8, 4) is 11.5 Å². The van der Waals surface area contributed by atoms with E-state index < -0.39 is 18.3 Å². The Hall–Kier alpha value is -2.60. The van der Waals surface area contributed by atoms with Gasteiger partial charge in [-0.15, -0.1) is 6.58 Å². The van der Waals surface area contributed by atoms with Crippen molar-refractivity contribution in [2.45, 2.75) is 18.3 Å². The molecule has 132 valence electrons. The minimum Gasteiger partial charge on any atom is -0.497 e. The second kappa shape index (κ2) is 6.72. The number of fused-ring (bicyclic) bond motifs is 1. The second-order valence-electron chi connectivity index (χ2n) is 5.73. The quantitative estimate of drug-likeness (QED) is 0.808. The molecular weight excluding hydrogens is 328 g/mol. The molecule has 2 atom stereocenters. The van der Waals surface area contributed by atoms with Gasteiger partial charge in [-0.25, -0.2) is 0 Å². The summed E-state index contributed by atoms with van der Waals surface area (Å²) in [4.78, 5) is 1.40. The third-order valence-electron chi connectivity index (χ3n) is 4.15. The van der Waals surface area contributed by atoms with Gasteiger partial charge in [0.1, 0.15) is 17.6 Å². The van der Waals surface area contributed by atoms with Crippen molar-refractivity contribution in [1.82, 2.24) is 0 Å². The Morgan fingerprint density at radius 2 is 1.96 bits per heavy atom. The lowest BCUT2D eigenvalue weighted by Gasteiger charge is -2.33. The van der Waals surface area contributed by atoms with Gasteiger partial charge >= 0.3 is 5.92 Å². The Bertz CT molecular complexity index is 749. The van der Waals surface area contributed by atoms with Gasteiger partial charge in [0.05, 0.1) is 12.8 Å². The van der Waals surface area contributed by atoms with E-state index in [0.717, 1.165) is 0 Å². The van der Waals surface area contributed by atoms with E-state index in [9.17, 15) is 5.11 Å². The molecule has 0 aliphatic carbocycles. The summed E-state index contributed by atoms with van der Waals surface area (Å²) in [5.41, 5.74) is 0.637. The van der Waals surface area contributed by atoms with Gasteiger partial charge in [0.2, 0.25) is 6.23 Å². The topological polar surface area (TPSA) is 41.9 Å². The van der Waals surface area contributed by atoms with Gasteiger partial charge < -0.3 is 19.5 Å². The molecule has 25 heavy (non-hydrogen) atoms. The average molecular weight is 347 g/mol. The summed E-state index contributed by atoms with van der Waals surface area (Å²) in [5, 5.41) is 10.3. The van der Waals surface area contributed by atoms with Crippen molar-refractivity contribution in [2.24, 2.45) is 0 Å². The molecule has 6 heteroatoms. The van der Waals surface area contributed by atoms with Gasteiger partial charge in [-0.05, 0) is 29.8 Å². The molecule has 0 saturated heterocycles. The number of ether oxygens (including phenoxy) is 2. The smallest absolute Gasteiger partial charge is 0.332 e. The van der Waals surface area contributed by atoms with Gasteiger partial charge in [0.25, 0.3) is 0 Å². The van der Waals surface area contributed by atoms with Crippen molar-refractivity contribution < 1.29 is 23.4 Å². The van der Waals surface area contributed by atoms with Crippen LogP contribution in [0.3, 0.4) is 0 Å². The van der Waals surface area contributed by atoms with Crippen LogP contribution in [0, 0.1) is 0 Å². The number of para-hydroxylation sites is 2. The Morgan fingerprint density at radius 3 is 2.60 bits per heavy atom. The molecule has 0 saturated carbocycles. The second-order valence-corrected chi connectivity index (χ2v) is 5.73. The van der Waals surface area contributed by atoms with Gasteiger partial charge in [-0.2, -0.15) is 8.78 Å². The lowest BCUT2D eigenvalue weighted by Crippen LogP contribution is -2.51. The molecule has 1 aliphatic rings. The predicted molar refractivity (Wildman–Crippen MR) is 91.3 cm³/mol. The zero-order valence-electron chi connectivity index (χ0n) is 13.7. The molecule has 0 bridgehead atoms. The summed E-state index contributed by atoms with van der Waals surface area (Å²) in [6.45, 7) is 3.79. The first-order valence-electron chi connectivity index (χ1n) is 7.82. The van der Waals surface area contributed by atoms with Crippen LogP contribution in [0.25, 0.3) is 0 Å². The minimum absolute atomic E-state index is 0.0870. The Labute approximate surface area is 144 Å². The van der Waals surface area contributed by atoms with E-state index >= 15 is 8.78 Å². The van der Waals surface area contributed by atoms with E-state index in [1.165, 1.54) is 42.4 Å². The molecule has 0 radical (unpaired) electrons. The summed E-state index contributed by atoms with van der Waals surface area (Å²) in [6, 6.07) is 12.7. The predicted octanol–water partition coefficient (Wildman–Crippen LogP) is 3.78. The number of anilines is 1. The Kier molecular flexibility index (Phi) is 4.63. The van der Waals surface area contributed by atoms with Gasteiger partial charge in [-0.3, -0.25) is 0 Å². The first-order chi connectivity index (χ1) is 12.0. The molecule has 1 heterocycles. The molecule has 1 aliphatic heterocycles. The van der Waals surface area contributed by atoms with Crippen LogP contribution in [-0.2, 0) is 0 Å². The Balaban J connectivity index is 1.91. The van der Waals surface area contributed by atoms with Crippen LogP contribution < -0.4 is 14.4 Å². The van der Waals surface area contributed by atoms with Crippen molar-refractivity contribution in [3.63, 3.8) is 0 Å². The van der Waals surface area contributed by atoms with E-state index in [-0.39, 0.29) is 12.1 Å². The maximum Gasteiger partial charge on any atom is 0.332 e. The summed E-state index contributed by atoms with van der Waals surface area (Å²) < 4.78 is 40.6. The number of hydrogen-bond donors (Lipinski definition) is 1. The first-order valence-corrected chi connectivity index (χ1v) is 7.82. The van der Waals surface area contributed by atoms with Crippen molar-refractivity contribution in [2.75, 3.05) is 18.6 Å². The number of rotatable bonds is 6. The number of benzene rings is 2. The SMILES string of the molecule is C=CCN1c2ccccc2OC1C(F)(F)C(O)c1ccc(OC)cc1. The van der Waals surface area contributed by atoms with Crippen LogP contribution in [0.4, 0.5) is 14.5 Å². The molecule has 0 amide bonds. The molecule has 2 aromatic carbocycles. The van der Waals surface area contributed by atoms with Gasteiger partial charge in [0.15, 0.2) is 0 Å². The number of alkyl halides is 2. The standard InChI is InChI=1S/C19H19F2NO3/c1-3-12-22-15-6-4-5-7-16(15)25-18(22)19(20,21)17(23)13-8-10-14(24-2)11-9-13/h3-11,17-18,23H,1,12H2,2H3. The normalized spacial score (nSPS) is 17.6. The molecule has 4 nitrogen and oxygen atoms in total. The van der Waals surface area contributed by atoms with E-state index in [1.807, 2.05) is 0 Å². The lowest BCUT2D eigenvalue weighted by molar-refractivity contribution is -0.166. The van der Waals surface area contributed by atoms with Crippen molar-refractivity contribution >= 4 is 5.69 Å². The molecule has 1 N–H and O–H groups in total. The largest absolute Gasteiger partial charge is 0.497 e. The van der Waals surface area contributed by atoms with E-state index in [4.69, 9.17) is 9.47 Å². The number of aliphatic hydroxyl groups excluding tert-OH is 1. The molecule has 2 aromatic rings. The third-order valence-corrected chi connectivity index (χ3v) is 4.15. The van der Waals surface area contributed by atoms with E-state index in [1.54, 1.807) is 24.3 Å². The molecule has 0 aromatic heterocycles. The summed E-state index contributed by atoms with van der Waals surface area (Å²) in [6.07, 6.45) is -2.13. The Morgan fingerprint density at radius 1 is 1.28 bits per heavy atom. The van der Waals surface area contributed by atoms with Gasteiger partial charge in [0, 0.05) is 6.54 Å². The highest BCUT2D eigenvalue weighted by Gasteiger charge is 2.54. The number of halogens is 2. The molecule has 2 unspecified atom stereocenters. The molecule has 3 rings (SSSR count). The number of aliphatic hydroxyl groups is 1. The third kappa shape index (κ3) is 3.05. The summed E-state index contributed by atoms with van der Waals surface area (Å²) >= 11 is 0. The number of methoxy groups -OCH3 is 1. The maximum atomic E-state index is 15.0. The number of hydrogen-bond acceptors (Lipinski definition) is 4. The fourth-order valence-corrected chi connectivity index (χ4v) is 2.87.